The van der Waals surface area contributed by atoms with Gasteiger partial charge in [0.1, 0.15) is 0 Å². The van der Waals surface area contributed by atoms with Crippen molar-refractivity contribution < 1.29 is 9.90 Å². The average Bonchev–Trinajstić information content (AvgIpc) is 2.46. The topological polar surface area (TPSA) is 87.7 Å². The molecule has 5 heteroatoms. The van der Waals surface area contributed by atoms with Crippen LogP contribution in [-0.2, 0) is 0 Å². The summed E-state index contributed by atoms with van der Waals surface area (Å²) in [6.07, 6.45) is 2.71. The number of amides is 2. The van der Waals surface area contributed by atoms with E-state index in [0.717, 1.165) is 25.0 Å². The maximum Gasteiger partial charge on any atom is 0.332 e. The van der Waals surface area contributed by atoms with Crippen molar-refractivity contribution in [3.63, 3.8) is 0 Å². The normalized spacial score (nSPS) is 25.4. The van der Waals surface area contributed by atoms with Gasteiger partial charge in [0.25, 0.3) is 0 Å². The van der Waals surface area contributed by atoms with Crippen LogP contribution in [0.1, 0.15) is 33.1 Å². The minimum absolute atomic E-state index is 0.0225. The van der Waals surface area contributed by atoms with Crippen LogP contribution in [-0.4, -0.2) is 22.5 Å². The first-order valence-corrected chi connectivity index (χ1v) is 4.75. The summed E-state index contributed by atoms with van der Waals surface area (Å²) in [5.41, 5.74) is 7.16. The minimum atomic E-state index is -0.783. The lowest BCUT2D eigenvalue weighted by molar-refractivity contribution is 0.0450. The Balaban J connectivity index is 2.68. The summed E-state index contributed by atoms with van der Waals surface area (Å²) in [6.45, 7) is 3.51. The average molecular weight is 199 g/mol. The van der Waals surface area contributed by atoms with Gasteiger partial charge in [-0.15, -0.1) is 0 Å². The quantitative estimate of drug-likeness (QED) is 0.568. The summed E-state index contributed by atoms with van der Waals surface area (Å²) in [5, 5.41) is 13.7. The van der Waals surface area contributed by atoms with Crippen molar-refractivity contribution in [1.29, 1.82) is 0 Å². The number of carbonyl (C=O) groups is 1. The van der Waals surface area contributed by atoms with E-state index in [-0.39, 0.29) is 5.92 Å². The zero-order valence-corrected chi connectivity index (χ0v) is 8.58. The summed E-state index contributed by atoms with van der Waals surface area (Å²) in [5.74, 6) is 0.0225. The number of nitrogens with zero attached hydrogens (tertiary/aromatic N) is 1. The molecule has 4 N–H and O–H groups in total. The molecule has 1 saturated carbocycles. The number of hydrazone groups is 1. The summed E-state index contributed by atoms with van der Waals surface area (Å²) in [6, 6.07) is -0.668. The molecule has 0 spiro atoms. The molecule has 0 radical (unpaired) electrons. The number of hydrogen-bond acceptors (Lipinski definition) is 3. The lowest BCUT2D eigenvalue weighted by Crippen LogP contribution is -2.35. The number of nitrogens with two attached hydrogens (primary N) is 1. The largest absolute Gasteiger partial charge is 0.390 e. The Kier molecular flexibility index (Phi) is 3.10. The minimum Gasteiger partial charge on any atom is -0.390 e. The van der Waals surface area contributed by atoms with Crippen LogP contribution in [0.4, 0.5) is 4.79 Å². The monoisotopic (exact) mass is 199 g/mol. The van der Waals surface area contributed by atoms with E-state index in [9.17, 15) is 9.90 Å². The highest BCUT2D eigenvalue weighted by Crippen LogP contribution is 2.31. The molecule has 0 aromatic carbocycles. The van der Waals surface area contributed by atoms with E-state index in [0.29, 0.717) is 0 Å². The molecule has 14 heavy (non-hydrogen) atoms. The van der Waals surface area contributed by atoms with Crippen LogP contribution >= 0.6 is 0 Å². The van der Waals surface area contributed by atoms with Crippen LogP contribution in [0.15, 0.2) is 5.10 Å². The van der Waals surface area contributed by atoms with Gasteiger partial charge in [0, 0.05) is 11.6 Å². The predicted octanol–water partition coefficient (Wildman–Crippen LogP) is 0.582. The SMILES string of the molecule is CC(C)(O)C1CCC/C1=N\NC(N)=O. The molecule has 1 aliphatic rings. The van der Waals surface area contributed by atoms with E-state index in [4.69, 9.17) is 5.73 Å². The third-order valence-electron chi connectivity index (χ3n) is 2.49. The molecule has 1 atom stereocenters. The zero-order chi connectivity index (χ0) is 10.8. The molecule has 0 aromatic rings. The summed E-state index contributed by atoms with van der Waals surface area (Å²) < 4.78 is 0. The molecule has 0 aliphatic heterocycles. The first kappa shape index (κ1) is 11.0. The van der Waals surface area contributed by atoms with Gasteiger partial charge in [-0.1, -0.05) is 0 Å². The number of urea groups is 1. The van der Waals surface area contributed by atoms with Crippen LogP contribution in [0, 0.1) is 5.92 Å². The van der Waals surface area contributed by atoms with Gasteiger partial charge < -0.3 is 10.8 Å². The van der Waals surface area contributed by atoms with E-state index in [1.807, 2.05) is 0 Å². The van der Waals surface area contributed by atoms with E-state index in [2.05, 4.69) is 10.5 Å². The highest BCUT2D eigenvalue weighted by molar-refractivity contribution is 5.90. The number of carbonyl (C=O) groups excluding carboxylic acids is 1. The van der Waals surface area contributed by atoms with Gasteiger partial charge in [-0.25, -0.2) is 10.2 Å². The second-order valence-corrected chi connectivity index (χ2v) is 4.18. The number of hydrogen-bond donors (Lipinski definition) is 3. The molecule has 1 unspecified atom stereocenters. The van der Waals surface area contributed by atoms with E-state index >= 15 is 0 Å². The Morgan fingerprint density at radius 3 is 2.86 bits per heavy atom. The Hall–Kier alpha value is -1.10. The van der Waals surface area contributed by atoms with Gasteiger partial charge in [-0.3, -0.25) is 0 Å². The van der Waals surface area contributed by atoms with Crippen molar-refractivity contribution in [2.24, 2.45) is 16.8 Å². The molecule has 5 nitrogen and oxygen atoms in total. The number of rotatable bonds is 2. The fourth-order valence-corrected chi connectivity index (χ4v) is 1.85. The second kappa shape index (κ2) is 3.96. The van der Waals surface area contributed by atoms with Crippen LogP contribution < -0.4 is 11.2 Å². The van der Waals surface area contributed by atoms with E-state index < -0.39 is 11.6 Å². The number of primary amides is 1. The molecule has 80 valence electrons. The van der Waals surface area contributed by atoms with Crippen molar-refractivity contribution in [2.45, 2.75) is 38.7 Å². The molecular formula is C9H17N3O2. The van der Waals surface area contributed by atoms with Gasteiger partial charge in [0.05, 0.1) is 5.60 Å². The van der Waals surface area contributed by atoms with Crippen LogP contribution in [0.3, 0.4) is 0 Å². The Morgan fingerprint density at radius 2 is 2.36 bits per heavy atom. The van der Waals surface area contributed by atoms with Crippen molar-refractivity contribution >= 4 is 11.7 Å². The van der Waals surface area contributed by atoms with E-state index in [1.165, 1.54) is 0 Å². The highest BCUT2D eigenvalue weighted by atomic mass is 16.3. The molecule has 0 saturated heterocycles. The van der Waals surface area contributed by atoms with Gasteiger partial charge in [0.15, 0.2) is 0 Å². The maximum absolute atomic E-state index is 10.5. The van der Waals surface area contributed by atoms with Crippen LogP contribution in [0.25, 0.3) is 0 Å². The summed E-state index contributed by atoms with van der Waals surface area (Å²) >= 11 is 0. The van der Waals surface area contributed by atoms with Gasteiger partial charge in [-0.05, 0) is 33.1 Å². The molecule has 0 heterocycles. The van der Waals surface area contributed by atoms with Crippen molar-refractivity contribution in [2.75, 3.05) is 0 Å². The van der Waals surface area contributed by atoms with E-state index in [1.54, 1.807) is 13.8 Å². The molecule has 1 rings (SSSR count). The third kappa shape index (κ3) is 2.70. The lowest BCUT2D eigenvalue weighted by atomic mass is 9.89. The van der Waals surface area contributed by atoms with Crippen LogP contribution in [0.2, 0.25) is 0 Å². The summed E-state index contributed by atoms with van der Waals surface area (Å²) in [4.78, 5) is 10.5. The number of aliphatic hydroxyl groups is 1. The molecule has 1 aliphatic carbocycles. The van der Waals surface area contributed by atoms with Crippen molar-refractivity contribution in [3.05, 3.63) is 0 Å². The first-order valence-electron chi connectivity index (χ1n) is 4.75. The molecule has 0 aromatic heterocycles. The highest BCUT2D eigenvalue weighted by Gasteiger charge is 2.34. The fraction of sp³-hybridized carbons (Fsp3) is 0.778. The molecular weight excluding hydrogens is 182 g/mol. The van der Waals surface area contributed by atoms with Gasteiger partial charge in [0.2, 0.25) is 0 Å². The molecule has 1 fully saturated rings. The third-order valence-corrected chi connectivity index (χ3v) is 2.49. The Morgan fingerprint density at radius 1 is 1.71 bits per heavy atom. The van der Waals surface area contributed by atoms with Crippen molar-refractivity contribution in [3.8, 4) is 0 Å². The fourth-order valence-electron chi connectivity index (χ4n) is 1.85. The molecule has 2 amide bonds. The van der Waals surface area contributed by atoms with Crippen molar-refractivity contribution in [1.82, 2.24) is 5.43 Å². The van der Waals surface area contributed by atoms with Gasteiger partial charge in [-0.2, -0.15) is 5.10 Å². The van der Waals surface area contributed by atoms with Crippen LogP contribution in [0.5, 0.6) is 0 Å². The molecule has 0 bridgehead atoms. The second-order valence-electron chi connectivity index (χ2n) is 4.18. The number of nitrogens with one attached hydrogen (secondary N) is 1. The smallest absolute Gasteiger partial charge is 0.332 e. The first-order chi connectivity index (χ1) is 6.41. The Labute approximate surface area is 83.4 Å². The predicted molar refractivity (Wildman–Crippen MR) is 53.8 cm³/mol. The maximum atomic E-state index is 10.5. The Bertz CT molecular complexity index is 255. The lowest BCUT2D eigenvalue weighted by Gasteiger charge is -2.25. The zero-order valence-electron chi connectivity index (χ0n) is 8.58. The summed E-state index contributed by atoms with van der Waals surface area (Å²) in [7, 11) is 0. The van der Waals surface area contributed by atoms with Gasteiger partial charge >= 0.3 is 6.03 Å². The standard InChI is InChI=1S/C9H17N3O2/c1-9(2,14)6-4-3-5-7(6)11-12-8(10)13/h6,14H,3-5H2,1-2H3,(H3,10,12,13)/b11-7+.